The van der Waals surface area contributed by atoms with Crippen LogP contribution in [0.25, 0.3) is 10.9 Å². The van der Waals surface area contributed by atoms with Crippen LogP contribution in [0.1, 0.15) is 27.2 Å². The Morgan fingerprint density at radius 2 is 2.03 bits per heavy atom. The summed E-state index contributed by atoms with van der Waals surface area (Å²) in [6.07, 6.45) is 2.16. The van der Waals surface area contributed by atoms with Crippen LogP contribution in [-0.2, 0) is 9.47 Å². The summed E-state index contributed by atoms with van der Waals surface area (Å²) in [6, 6.07) is 1.91. The second-order valence-corrected chi connectivity index (χ2v) is 8.88. The molecule has 4 rings (SSSR count). The molecule has 9 nitrogen and oxygen atoms in total. The molecule has 0 radical (unpaired) electrons. The summed E-state index contributed by atoms with van der Waals surface area (Å²) in [7, 11) is 0. The number of aromatic nitrogens is 3. The van der Waals surface area contributed by atoms with E-state index >= 15 is 0 Å². The van der Waals surface area contributed by atoms with Gasteiger partial charge in [-0.3, -0.25) is 0 Å². The highest BCUT2D eigenvalue weighted by atomic mass is 35.5. The number of amides is 1. The lowest BCUT2D eigenvalue weighted by molar-refractivity contribution is 0.0293. The van der Waals surface area contributed by atoms with Gasteiger partial charge >= 0.3 is 6.09 Å². The van der Waals surface area contributed by atoms with E-state index in [4.69, 9.17) is 26.1 Å². The first-order chi connectivity index (χ1) is 14.3. The molecule has 162 valence electrons. The zero-order valence-corrected chi connectivity index (χ0v) is 18.3. The van der Waals surface area contributed by atoms with Gasteiger partial charge in [-0.25, -0.2) is 14.8 Å². The van der Waals surface area contributed by atoms with Crippen LogP contribution >= 0.6 is 11.6 Å². The second kappa shape index (κ2) is 8.39. The summed E-state index contributed by atoms with van der Waals surface area (Å²) in [5.41, 5.74) is 0.0996. The Kier molecular flexibility index (Phi) is 5.84. The molecule has 2 aromatic rings. The molecule has 30 heavy (non-hydrogen) atoms. The Hall–Kier alpha value is -2.39. The van der Waals surface area contributed by atoms with Crippen molar-refractivity contribution in [3.05, 3.63) is 17.4 Å². The van der Waals surface area contributed by atoms with E-state index in [2.05, 4.69) is 20.2 Å². The van der Waals surface area contributed by atoms with Crippen molar-refractivity contribution in [1.82, 2.24) is 19.9 Å². The van der Waals surface area contributed by atoms with E-state index in [1.54, 1.807) is 11.1 Å². The van der Waals surface area contributed by atoms with Crippen molar-refractivity contribution < 1.29 is 14.3 Å². The van der Waals surface area contributed by atoms with Crippen LogP contribution in [-0.4, -0.2) is 77.0 Å². The average Bonchev–Trinajstić information content (AvgIpc) is 3.17. The molecule has 1 amide bonds. The van der Waals surface area contributed by atoms with Crippen molar-refractivity contribution in [2.24, 2.45) is 0 Å². The highest BCUT2D eigenvalue weighted by Gasteiger charge is 2.30. The van der Waals surface area contributed by atoms with Gasteiger partial charge < -0.3 is 24.6 Å². The number of pyridine rings is 1. The van der Waals surface area contributed by atoms with Crippen molar-refractivity contribution in [3.8, 4) is 0 Å². The summed E-state index contributed by atoms with van der Waals surface area (Å²) >= 11 is 6.34. The van der Waals surface area contributed by atoms with Gasteiger partial charge in [0.05, 0.1) is 13.2 Å². The van der Waals surface area contributed by atoms with E-state index < -0.39 is 5.60 Å². The first-order valence-corrected chi connectivity index (χ1v) is 10.6. The minimum atomic E-state index is -0.512. The molecular weight excluding hydrogens is 408 g/mol. The number of hydrogen-bond acceptors (Lipinski definition) is 8. The summed E-state index contributed by atoms with van der Waals surface area (Å²) < 4.78 is 10.9. The van der Waals surface area contributed by atoms with Gasteiger partial charge in [0.15, 0.2) is 5.15 Å². The van der Waals surface area contributed by atoms with Crippen molar-refractivity contribution >= 4 is 40.4 Å². The molecule has 0 aromatic carbocycles. The monoisotopic (exact) mass is 434 g/mol. The Morgan fingerprint density at radius 1 is 1.27 bits per heavy atom. The van der Waals surface area contributed by atoms with Crippen LogP contribution in [0.15, 0.2) is 12.3 Å². The van der Waals surface area contributed by atoms with Crippen molar-refractivity contribution in [2.75, 3.05) is 49.6 Å². The third-order valence-corrected chi connectivity index (χ3v) is 5.31. The fourth-order valence-corrected chi connectivity index (χ4v) is 3.79. The van der Waals surface area contributed by atoms with Gasteiger partial charge in [-0.05, 0) is 33.3 Å². The Morgan fingerprint density at radius 3 is 2.77 bits per heavy atom. The number of fused-ring (bicyclic) bond motifs is 1. The molecular formula is C20H27ClN6O3. The number of halogens is 1. The van der Waals surface area contributed by atoms with E-state index in [-0.39, 0.29) is 12.1 Å². The molecule has 2 aliphatic heterocycles. The molecule has 0 bridgehead atoms. The molecule has 0 saturated carbocycles. The summed E-state index contributed by atoms with van der Waals surface area (Å²) in [6.45, 7) is 9.51. The lowest BCUT2D eigenvalue weighted by Crippen LogP contribution is -2.38. The maximum absolute atomic E-state index is 12.4. The fraction of sp³-hybridized carbons (Fsp3) is 0.600. The van der Waals surface area contributed by atoms with Gasteiger partial charge in [-0.1, -0.05) is 11.6 Å². The lowest BCUT2D eigenvalue weighted by Gasteiger charge is -2.28. The van der Waals surface area contributed by atoms with Gasteiger partial charge in [0, 0.05) is 43.8 Å². The zero-order chi connectivity index (χ0) is 21.3. The van der Waals surface area contributed by atoms with Crippen LogP contribution in [0.2, 0.25) is 5.15 Å². The fourth-order valence-electron chi connectivity index (χ4n) is 3.59. The predicted molar refractivity (Wildman–Crippen MR) is 115 cm³/mol. The average molecular weight is 435 g/mol. The number of ether oxygens (including phenoxy) is 2. The predicted octanol–water partition coefficient (Wildman–Crippen LogP) is 2.94. The number of anilines is 2. The van der Waals surface area contributed by atoms with E-state index in [9.17, 15) is 4.79 Å². The molecule has 0 aliphatic carbocycles. The standard InChI is InChI=1S/C20H27ClN6O3/c1-20(2,3)30-19(28)27-7-5-13(12-27)23-17-14-4-6-22-16(21)15(14)24-18(25-17)26-8-10-29-11-9-26/h4,6,13H,5,7-12H2,1-3H3,(H,23,24,25)/t13-/m1/s1. The normalized spacial score (nSPS) is 19.9. The molecule has 1 atom stereocenters. The quantitative estimate of drug-likeness (QED) is 0.737. The molecule has 2 aromatic heterocycles. The molecule has 2 saturated heterocycles. The van der Waals surface area contributed by atoms with Crippen LogP contribution in [0, 0.1) is 0 Å². The largest absolute Gasteiger partial charge is 0.444 e. The van der Waals surface area contributed by atoms with E-state index in [1.165, 1.54) is 0 Å². The van der Waals surface area contributed by atoms with Crippen LogP contribution in [0.5, 0.6) is 0 Å². The maximum Gasteiger partial charge on any atom is 0.410 e. The van der Waals surface area contributed by atoms with Crippen molar-refractivity contribution in [2.45, 2.75) is 38.8 Å². The highest BCUT2D eigenvalue weighted by Crippen LogP contribution is 2.29. The van der Waals surface area contributed by atoms with Gasteiger partial charge in [-0.15, -0.1) is 0 Å². The number of nitrogens with zero attached hydrogens (tertiary/aromatic N) is 5. The second-order valence-electron chi connectivity index (χ2n) is 8.53. The van der Waals surface area contributed by atoms with Gasteiger partial charge in [0.2, 0.25) is 5.95 Å². The molecule has 0 unspecified atom stereocenters. The zero-order valence-electron chi connectivity index (χ0n) is 17.5. The van der Waals surface area contributed by atoms with Crippen molar-refractivity contribution in [1.29, 1.82) is 0 Å². The van der Waals surface area contributed by atoms with Crippen LogP contribution < -0.4 is 10.2 Å². The molecule has 2 aliphatic rings. The smallest absolute Gasteiger partial charge is 0.410 e. The number of morpholine rings is 1. The maximum atomic E-state index is 12.4. The number of hydrogen-bond donors (Lipinski definition) is 1. The number of rotatable bonds is 3. The number of carbonyl (C=O) groups excluding carboxylic acids is 1. The first-order valence-electron chi connectivity index (χ1n) is 10.2. The Balaban J connectivity index is 1.56. The third-order valence-electron chi connectivity index (χ3n) is 5.03. The van der Waals surface area contributed by atoms with E-state index in [0.29, 0.717) is 48.7 Å². The number of likely N-dealkylation sites (tertiary alicyclic amines) is 1. The molecule has 10 heteroatoms. The van der Waals surface area contributed by atoms with Gasteiger partial charge in [-0.2, -0.15) is 4.98 Å². The summed E-state index contributed by atoms with van der Waals surface area (Å²) in [4.78, 5) is 29.8. The van der Waals surface area contributed by atoms with Gasteiger partial charge in [0.25, 0.3) is 0 Å². The van der Waals surface area contributed by atoms with Gasteiger partial charge in [0.1, 0.15) is 16.9 Å². The van der Waals surface area contributed by atoms with E-state index in [1.807, 2.05) is 26.8 Å². The van der Waals surface area contributed by atoms with Crippen LogP contribution in [0.3, 0.4) is 0 Å². The summed E-state index contributed by atoms with van der Waals surface area (Å²) in [5, 5.41) is 4.64. The topological polar surface area (TPSA) is 92.7 Å². The summed E-state index contributed by atoms with van der Waals surface area (Å²) in [5.74, 6) is 1.30. The van der Waals surface area contributed by atoms with E-state index in [0.717, 1.165) is 24.9 Å². The molecule has 1 N–H and O–H groups in total. The minimum absolute atomic E-state index is 0.0556. The highest BCUT2D eigenvalue weighted by molar-refractivity contribution is 6.34. The van der Waals surface area contributed by atoms with Crippen LogP contribution in [0.4, 0.5) is 16.6 Å². The molecule has 0 spiro atoms. The third kappa shape index (κ3) is 4.67. The Labute approximate surface area is 180 Å². The SMILES string of the molecule is CC(C)(C)OC(=O)N1CC[C@@H](Nc2nc(N3CCOCC3)nc3c(Cl)nccc23)C1. The minimum Gasteiger partial charge on any atom is -0.444 e. The Bertz CT molecular complexity index is 929. The first kappa shape index (κ1) is 20.9. The number of carbonyl (C=O) groups is 1. The molecule has 4 heterocycles. The number of nitrogens with one attached hydrogen (secondary N) is 1. The molecule has 2 fully saturated rings. The lowest BCUT2D eigenvalue weighted by atomic mass is 10.2. The van der Waals surface area contributed by atoms with Crippen molar-refractivity contribution in [3.63, 3.8) is 0 Å².